The van der Waals surface area contributed by atoms with Crippen LogP contribution in [0.25, 0.3) is 0 Å². The number of hydrogen-bond donors (Lipinski definition) is 2. The Hall–Kier alpha value is -2.17. The topological polar surface area (TPSA) is 75.3 Å². The lowest BCUT2D eigenvalue weighted by Crippen LogP contribution is -2.37. The number of amides is 3. The third-order valence-electron chi connectivity index (χ3n) is 5.24. The number of rotatable bonds is 3. The van der Waals surface area contributed by atoms with E-state index in [-0.39, 0.29) is 29.6 Å². The van der Waals surface area contributed by atoms with E-state index in [4.69, 9.17) is 0 Å². The van der Waals surface area contributed by atoms with Crippen LogP contribution in [-0.4, -0.2) is 17.7 Å². The van der Waals surface area contributed by atoms with Gasteiger partial charge in [-0.2, -0.15) is 0 Å². The van der Waals surface area contributed by atoms with E-state index in [0.29, 0.717) is 18.8 Å². The van der Waals surface area contributed by atoms with Gasteiger partial charge in [0.2, 0.25) is 17.7 Å². The van der Waals surface area contributed by atoms with E-state index >= 15 is 0 Å². The van der Waals surface area contributed by atoms with Gasteiger partial charge in [0, 0.05) is 30.4 Å². The van der Waals surface area contributed by atoms with Crippen LogP contribution in [0.5, 0.6) is 0 Å². The summed E-state index contributed by atoms with van der Waals surface area (Å²) in [4.78, 5) is 35.4. The van der Waals surface area contributed by atoms with Gasteiger partial charge in [-0.25, -0.2) is 0 Å². The van der Waals surface area contributed by atoms with Crippen molar-refractivity contribution in [3.63, 3.8) is 0 Å². The first-order valence-electron chi connectivity index (χ1n) is 8.76. The molecule has 2 atom stereocenters. The second-order valence-corrected chi connectivity index (χ2v) is 7.06. The van der Waals surface area contributed by atoms with Crippen molar-refractivity contribution in [1.29, 1.82) is 0 Å². The van der Waals surface area contributed by atoms with Crippen LogP contribution in [0.1, 0.15) is 56.9 Å². The molecule has 24 heavy (non-hydrogen) atoms. The first-order chi connectivity index (χ1) is 11.5. The second-order valence-electron chi connectivity index (χ2n) is 7.06. The molecule has 128 valence electrons. The average molecular weight is 328 g/mol. The molecule has 0 spiro atoms. The zero-order valence-electron chi connectivity index (χ0n) is 14.0. The Morgan fingerprint density at radius 1 is 1.04 bits per heavy atom. The number of imide groups is 1. The van der Waals surface area contributed by atoms with E-state index in [9.17, 15) is 14.4 Å². The van der Waals surface area contributed by atoms with Gasteiger partial charge in [0.15, 0.2) is 0 Å². The number of carbonyl (C=O) groups excluding carboxylic acids is 3. The van der Waals surface area contributed by atoms with Gasteiger partial charge in [-0.15, -0.1) is 0 Å². The summed E-state index contributed by atoms with van der Waals surface area (Å²) < 4.78 is 0. The molecule has 2 N–H and O–H groups in total. The summed E-state index contributed by atoms with van der Waals surface area (Å²) in [6.07, 6.45) is 5.08. The maximum absolute atomic E-state index is 12.4. The summed E-state index contributed by atoms with van der Waals surface area (Å²) in [7, 11) is 0. The van der Waals surface area contributed by atoms with Crippen LogP contribution >= 0.6 is 0 Å². The highest BCUT2D eigenvalue weighted by Gasteiger charge is 2.28. The Bertz CT molecular complexity index is 623. The molecule has 1 aromatic rings. The predicted molar refractivity (Wildman–Crippen MR) is 91.3 cm³/mol. The molecule has 2 aliphatic rings. The normalized spacial score (nSPS) is 25.2. The highest BCUT2D eigenvalue weighted by Crippen LogP contribution is 2.31. The lowest BCUT2D eigenvalue weighted by molar-refractivity contribution is -0.133. The van der Waals surface area contributed by atoms with Crippen LogP contribution in [-0.2, 0) is 14.4 Å². The molecule has 5 nitrogen and oxygen atoms in total. The van der Waals surface area contributed by atoms with Gasteiger partial charge in [0.25, 0.3) is 0 Å². The maximum Gasteiger partial charge on any atom is 0.227 e. The number of anilines is 1. The van der Waals surface area contributed by atoms with Crippen molar-refractivity contribution in [2.45, 2.75) is 51.4 Å². The van der Waals surface area contributed by atoms with Crippen molar-refractivity contribution >= 4 is 23.4 Å². The molecule has 2 unspecified atom stereocenters. The first kappa shape index (κ1) is 16.7. The minimum atomic E-state index is -0.222. The van der Waals surface area contributed by atoms with Gasteiger partial charge in [-0.3, -0.25) is 19.7 Å². The van der Waals surface area contributed by atoms with Gasteiger partial charge in [0.1, 0.15) is 0 Å². The summed E-state index contributed by atoms with van der Waals surface area (Å²) in [5.41, 5.74) is 1.73. The molecule has 1 saturated heterocycles. The summed E-state index contributed by atoms with van der Waals surface area (Å²) in [5.74, 6) is 0.110. The summed E-state index contributed by atoms with van der Waals surface area (Å²) in [5, 5.41) is 5.33. The zero-order chi connectivity index (χ0) is 17.1. The van der Waals surface area contributed by atoms with Crippen LogP contribution in [0.3, 0.4) is 0 Å². The number of benzene rings is 1. The molecule has 1 aliphatic carbocycles. The quantitative estimate of drug-likeness (QED) is 0.838. The Morgan fingerprint density at radius 3 is 2.29 bits per heavy atom. The van der Waals surface area contributed by atoms with E-state index in [1.54, 1.807) is 0 Å². The fraction of sp³-hybridized carbons (Fsp3) is 0.526. The van der Waals surface area contributed by atoms with E-state index < -0.39 is 0 Å². The van der Waals surface area contributed by atoms with Gasteiger partial charge < -0.3 is 5.32 Å². The smallest absolute Gasteiger partial charge is 0.227 e. The largest absolute Gasteiger partial charge is 0.326 e. The van der Waals surface area contributed by atoms with E-state index in [1.165, 1.54) is 6.42 Å². The van der Waals surface area contributed by atoms with Crippen LogP contribution < -0.4 is 10.6 Å². The Morgan fingerprint density at radius 2 is 1.67 bits per heavy atom. The van der Waals surface area contributed by atoms with E-state index in [1.807, 2.05) is 24.3 Å². The summed E-state index contributed by atoms with van der Waals surface area (Å²) in [6.45, 7) is 2.15. The van der Waals surface area contributed by atoms with E-state index in [2.05, 4.69) is 17.6 Å². The van der Waals surface area contributed by atoms with Crippen LogP contribution in [0, 0.1) is 11.8 Å². The van der Waals surface area contributed by atoms with Crippen LogP contribution in [0.15, 0.2) is 24.3 Å². The fourth-order valence-electron chi connectivity index (χ4n) is 3.79. The van der Waals surface area contributed by atoms with Crippen LogP contribution in [0.4, 0.5) is 5.69 Å². The van der Waals surface area contributed by atoms with Crippen LogP contribution in [0.2, 0.25) is 0 Å². The van der Waals surface area contributed by atoms with Crippen molar-refractivity contribution in [3.05, 3.63) is 29.8 Å². The molecule has 0 radical (unpaired) electrons. The first-order valence-corrected chi connectivity index (χ1v) is 8.76. The Labute approximate surface area is 142 Å². The zero-order valence-corrected chi connectivity index (χ0v) is 14.0. The lowest BCUT2D eigenvalue weighted by Gasteiger charge is -2.27. The minimum absolute atomic E-state index is 0.0747. The standard InChI is InChI=1S/C19H24N2O3/c1-12-4-2-3-5-16(12)19(24)20-15-8-6-13(7-9-15)14-10-17(22)21-18(23)11-14/h6-9,12,14,16H,2-5,10-11H2,1H3,(H,20,24)(H,21,22,23). The van der Waals surface area contributed by atoms with Crippen molar-refractivity contribution in [2.75, 3.05) is 5.32 Å². The lowest BCUT2D eigenvalue weighted by atomic mass is 9.80. The molecular weight excluding hydrogens is 304 g/mol. The highest BCUT2D eigenvalue weighted by atomic mass is 16.2. The minimum Gasteiger partial charge on any atom is -0.326 e. The molecule has 3 amide bonds. The molecule has 0 aromatic heterocycles. The summed E-state index contributed by atoms with van der Waals surface area (Å²) >= 11 is 0. The molecule has 3 rings (SSSR count). The second kappa shape index (κ2) is 7.16. The van der Waals surface area contributed by atoms with E-state index in [0.717, 1.165) is 30.5 Å². The highest BCUT2D eigenvalue weighted by molar-refractivity contribution is 5.98. The molecular formula is C19H24N2O3. The number of piperidine rings is 1. The number of hydrogen-bond acceptors (Lipinski definition) is 3. The van der Waals surface area contributed by atoms with Crippen molar-refractivity contribution in [1.82, 2.24) is 5.32 Å². The van der Waals surface area contributed by atoms with Gasteiger partial charge in [-0.05, 0) is 36.5 Å². The number of carbonyl (C=O) groups is 3. The Kier molecular flexibility index (Phi) is 4.97. The molecule has 2 fully saturated rings. The third-order valence-corrected chi connectivity index (χ3v) is 5.24. The van der Waals surface area contributed by atoms with Crippen molar-refractivity contribution < 1.29 is 14.4 Å². The SMILES string of the molecule is CC1CCCCC1C(=O)Nc1ccc(C2CC(=O)NC(=O)C2)cc1. The molecule has 1 aromatic carbocycles. The van der Waals surface area contributed by atoms with Crippen molar-refractivity contribution in [2.24, 2.45) is 11.8 Å². The molecule has 1 saturated carbocycles. The number of nitrogens with one attached hydrogen (secondary N) is 2. The van der Waals surface area contributed by atoms with Gasteiger partial charge in [-0.1, -0.05) is 31.9 Å². The Balaban J connectivity index is 1.63. The monoisotopic (exact) mass is 328 g/mol. The molecule has 5 heteroatoms. The van der Waals surface area contributed by atoms with Crippen molar-refractivity contribution in [3.8, 4) is 0 Å². The summed E-state index contributed by atoms with van der Waals surface area (Å²) in [6, 6.07) is 7.52. The van der Waals surface area contributed by atoms with Gasteiger partial charge in [0.05, 0.1) is 0 Å². The predicted octanol–water partition coefficient (Wildman–Crippen LogP) is 2.97. The van der Waals surface area contributed by atoms with Gasteiger partial charge >= 0.3 is 0 Å². The average Bonchev–Trinajstić information content (AvgIpc) is 2.55. The maximum atomic E-state index is 12.4. The fourth-order valence-corrected chi connectivity index (χ4v) is 3.79. The molecule has 1 heterocycles. The molecule has 0 bridgehead atoms. The molecule has 1 aliphatic heterocycles. The third kappa shape index (κ3) is 3.83.